The maximum absolute atomic E-state index is 11.4. The lowest BCUT2D eigenvalue weighted by molar-refractivity contribution is 0.603. The second-order valence-corrected chi connectivity index (χ2v) is 9.20. The van der Waals surface area contributed by atoms with Crippen LogP contribution in [0.5, 0.6) is 0 Å². The van der Waals surface area contributed by atoms with Crippen LogP contribution in [-0.4, -0.2) is 30.0 Å². The number of hydrogen-bond acceptors (Lipinski definition) is 5. The molecule has 120 valence electrons. The van der Waals surface area contributed by atoms with Crippen LogP contribution in [0.1, 0.15) is 0 Å². The summed E-state index contributed by atoms with van der Waals surface area (Å²) in [6, 6.07) is 7.88. The van der Waals surface area contributed by atoms with Gasteiger partial charge in [0.05, 0.1) is 17.2 Å². The molecule has 3 rings (SSSR count). The highest BCUT2D eigenvalue weighted by molar-refractivity contribution is 9.10. The number of nitrogens with zero attached hydrogens (tertiary/aromatic N) is 1. The molecule has 0 atom stereocenters. The molecule has 23 heavy (non-hydrogen) atoms. The summed E-state index contributed by atoms with van der Waals surface area (Å²) < 4.78 is 23.8. The van der Waals surface area contributed by atoms with Crippen molar-refractivity contribution in [1.82, 2.24) is 10.3 Å². The Morgan fingerprint density at radius 2 is 2.17 bits per heavy atom. The Balaban J connectivity index is 1.64. The molecule has 2 heterocycles. The largest absolute Gasteiger partial charge is 0.335 e. The van der Waals surface area contributed by atoms with E-state index in [2.05, 4.69) is 31.5 Å². The molecule has 1 aliphatic rings. The van der Waals surface area contributed by atoms with Gasteiger partial charge in [0, 0.05) is 21.1 Å². The molecule has 0 unspecified atom stereocenters. The number of benzene rings is 1. The molecule has 2 N–H and O–H groups in total. The lowest BCUT2D eigenvalue weighted by atomic mass is 10.2. The zero-order chi connectivity index (χ0) is 16.4. The molecule has 5 nitrogen and oxygen atoms in total. The molecule has 1 aromatic carbocycles. The summed E-state index contributed by atoms with van der Waals surface area (Å²) in [5.41, 5.74) is 2.46. The number of thiocarbonyl (C=S) groups is 1. The highest BCUT2D eigenvalue weighted by Crippen LogP contribution is 2.26. The number of hydrogen-bond donors (Lipinski definition) is 2. The molecule has 0 amide bonds. The van der Waals surface area contributed by atoms with Crippen LogP contribution in [0.3, 0.4) is 0 Å². The fraction of sp³-hybridized carbons (Fsp3) is 0.143. The molecule has 1 aliphatic heterocycles. The molecule has 0 saturated heterocycles. The van der Waals surface area contributed by atoms with Crippen molar-refractivity contribution in [2.24, 2.45) is 0 Å². The van der Waals surface area contributed by atoms with Gasteiger partial charge < -0.3 is 10.6 Å². The second-order valence-electron chi connectivity index (χ2n) is 4.91. The first-order valence-corrected chi connectivity index (χ1v) is 10.5. The maximum atomic E-state index is 11.4. The average molecular weight is 430 g/mol. The number of thiazole rings is 1. The molecule has 1 aromatic heterocycles. The third-order valence-corrected chi connectivity index (χ3v) is 5.96. The first-order valence-electron chi connectivity index (χ1n) is 6.60. The van der Waals surface area contributed by atoms with Crippen molar-refractivity contribution < 1.29 is 8.42 Å². The van der Waals surface area contributed by atoms with Crippen LogP contribution in [0.25, 0.3) is 11.3 Å². The van der Waals surface area contributed by atoms with Crippen molar-refractivity contribution in [1.29, 1.82) is 0 Å². The lowest BCUT2D eigenvalue weighted by Crippen LogP contribution is -2.28. The summed E-state index contributed by atoms with van der Waals surface area (Å²) in [6.45, 7) is 0. The lowest BCUT2D eigenvalue weighted by Gasteiger charge is -2.08. The smallest absolute Gasteiger partial charge is 0.189 e. The number of sulfone groups is 1. The van der Waals surface area contributed by atoms with Crippen LogP contribution in [-0.2, 0) is 9.84 Å². The van der Waals surface area contributed by atoms with Gasteiger partial charge in [0.15, 0.2) is 20.1 Å². The van der Waals surface area contributed by atoms with Gasteiger partial charge in [-0.05, 0) is 30.4 Å². The van der Waals surface area contributed by atoms with E-state index < -0.39 is 9.84 Å². The number of halogens is 1. The maximum Gasteiger partial charge on any atom is 0.189 e. The van der Waals surface area contributed by atoms with Gasteiger partial charge in [0.1, 0.15) is 0 Å². The Kier molecular flexibility index (Phi) is 4.81. The Morgan fingerprint density at radius 1 is 1.35 bits per heavy atom. The van der Waals surface area contributed by atoms with E-state index in [0.29, 0.717) is 15.9 Å². The molecule has 0 fully saturated rings. The van der Waals surface area contributed by atoms with Crippen LogP contribution in [0.15, 0.2) is 45.9 Å². The second kappa shape index (κ2) is 6.68. The highest BCUT2D eigenvalue weighted by atomic mass is 79.9. The molecule has 0 radical (unpaired) electrons. The molecule has 0 spiro atoms. The van der Waals surface area contributed by atoms with Crippen molar-refractivity contribution >= 4 is 59.6 Å². The summed E-state index contributed by atoms with van der Waals surface area (Å²) in [7, 11) is -3.01. The van der Waals surface area contributed by atoms with Crippen LogP contribution >= 0.6 is 39.5 Å². The van der Waals surface area contributed by atoms with E-state index in [0.717, 1.165) is 15.7 Å². The third-order valence-electron chi connectivity index (χ3n) is 3.08. The van der Waals surface area contributed by atoms with E-state index in [9.17, 15) is 8.42 Å². The van der Waals surface area contributed by atoms with Crippen molar-refractivity contribution in [2.45, 2.75) is 0 Å². The summed E-state index contributed by atoms with van der Waals surface area (Å²) >= 11 is 10.1. The minimum atomic E-state index is -3.01. The topological polar surface area (TPSA) is 71.1 Å². The minimum Gasteiger partial charge on any atom is -0.335 e. The monoisotopic (exact) mass is 429 g/mol. The van der Waals surface area contributed by atoms with E-state index in [1.807, 2.05) is 29.6 Å². The Labute approximate surface area is 151 Å². The normalized spacial score (nSPS) is 16.0. The predicted molar refractivity (Wildman–Crippen MR) is 101 cm³/mol. The molecule has 0 bridgehead atoms. The van der Waals surface area contributed by atoms with Gasteiger partial charge in [-0.25, -0.2) is 13.4 Å². The standard InChI is InChI=1S/C14H12BrN3O2S3/c15-10-3-1-2-9(6-10)12-7-22-14(17-12)18-13(21)16-11-4-5-23(19,20)8-11/h1-4,6-7H,5,8H2,(H2,16,17,18,21). The van der Waals surface area contributed by atoms with Crippen molar-refractivity contribution in [3.63, 3.8) is 0 Å². The van der Waals surface area contributed by atoms with E-state index in [1.165, 1.54) is 11.3 Å². The summed E-state index contributed by atoms with van der Waals surface area (Å²) in [5, 5.41) is 8.81. The van der Waals surface area contributed by atoms with Crippen molar-refractivity contribution in [3.05, 3.63) is 45.9 Å². The fourth-order valence-corrected chi connectivity index (χ4v) is 4.71. The van der Waals surface area contributed by atoms with E-state index in [4.69, 9.17) is 12.2 Å². The van der Waals surface area contributed by atoms with Crippen molar-refractivity contribution in [3.8, 4) is 11.3 Å². The van der Waals surface area contributed by atoms with E-state index in [1.54, 1.807) is 6.08 Å². The van der Waals surface area contributed by atoms with Crippen molar-refractivity contribution in [2.75, 3.05) is 16.8 Å². The molecule has 0 saturated carbocycles. The Bertz CT molecular complexity index is 890. The highest BCUT2D eigenvalue weighted by Gasteiger charge is 2.20. The molecular weight excluding hydrogens is 418 g/mol. The van der Waals surface area contributed by atoms with Gasteiger partial charge in [0.25, 0.3) is 0 Å². The van der Waals surface area contributed by atoms with Gasteiger partial charge in [-0.3, -0.25) is 0 Å². The summed E-state index contributed by atoms with van der Waals surface area (Å²) in [5.74, 6) is 0.0538. The fourth-order valence-electron chi connectivity index (χ4n) is 2.06. The predicted octanol–water partition coefficient (Wildman–Crippen LogP) is 3.17. The van der Waals surface area contributed by atoms with Gasteiger partial charge in [0.2, 0.25) is 0 Å². The summed E-state index contributed by atoms with van der Waals surface area (Å²) in [4.78, 5) is 4.49. The third kappa shape index (κ3) is 4.37. The zero-order valence-electron chi connectivity index (χ0n) is 11.7. The Hall–Kier alpha value is -1.29. The van der Waals surface area contributed by atoms with Crippen LogP contribution < -0.4 is 10.6 Å². The molecule has 9 heteroatoms. The van der Waals surface area contributed by atoms with E-state index >= 15 is 0 Å². The quantitative estimate of drug-likeness (QED) is 0.729. The summed E-state index contributed by atoms with van der Waals surface area (Å²) in [6.07, 6.45) is 1.64. The first-order chi connectivity index (χ1) is 10.9. The minimum absolute atomic E-state index is 0.00399. The average Bonchev–Trinajstić information content (AvgIpc) is 3.05. The Morgan fingerprint density at radius 3 is 2.87 bits per heavy atom. The zero-order valence-corrected chi connectivity index (χ0v) is 15.8. The van der Waals surface area contributed by atoms with Crippen LogP contribution in [0.4, 0.5) is 5.13 Å². The SMILES string of the molecule is O=S1(=O)CC=C(NC(=S)Nc2nc(-c3cccc(Br)c3)cs2)C1. The first kappa shape index (κ1) is 16.6. The number of rotatable bonds is 3. The van der Waals surface area contributed by atoms with Gasteiger partial charge in [-0.2, -0.15) is 0 Å². The molecule has 2 aromatic rings. The molecule has 0 aliphatic carbocycles. The van der Waals surface area contributed by atoms with Gasteiger partial charge >= 0.3 is 0 Å². The number of nitrogens with one attached hydrogen (secondary N) is 2. The van der Waals surface area contributed by atoms with Gasteiger partial charge in [-0.15, -0.1) is 11.3 Å². The number of aromatic nitrogens is 1. The number of anilines is 1. The molecular formula is C14H12BrN3O2S3. The van der Waals surface area contributed by atoms with Crippen LogP contribution in [0.2, 0.25) is 0 Å². The van der Waals surface area contributed by atoms with Gasteiger partial charge in [-0.1, -0.05) is 28.1 Å². The van der Waals surface area contributed by atoms with E-state index in [-0.39, 0.29) is 11.5 Å². The van der Waals surface area contributed by atoms with Crippen LogP contribution in [0, 0.1) is 0 Å².